The lowest BCUT2D eigenvalue weighted by Crippen LogP contribution is -2.33. The molecule has 0 saturated carbocycles. The number of fused-ring (bicyclic) bond motifs is 1. The van der Waals surface area contributed by atoms with Crippen molar-refractivity contribution < 1.29 is 9.90 Å². The number of carboxylic acid groups (broad SMARTS) is 1. The number of aryl methyl sites for hydroxylation is 1. The minimum absolute atomic E-state index is 0.0564. The van der Waals surface area contributed by atoms with Crippen molar-refractivity contribution in [1.29, 1.82) is 0 Å². The Hall–Kier alpha value is -2.14. The molecule has 1 aliphatic rings. The van der Waals surface area contributed by atoms with Crippen LogP contribution in [0.3, 0.4) is 0 Å². The average Bonchev–Trinajstić information content (AvgIpc) is 3.35. The summed E-state index contributed by atoms with van der Waals surface area (Å²) in [6.45, 7) is 0.780. The number of hydrogen-bond acceptors (Lipinski definition) is 3. The predicted octanol–water partition coefficient (Wildman–Crippen LogP) is 5.71. The van der Waals surface area contributed by atoms with Crippen molar-refractivity contribution in [2.24, 2.45) is 0 Å². The molecule has 0 aliphatic heterocycles. The summed E-state index contributed by atoms with van der Waals surface area (Å²) < 4.78 is 0. The molecule has 150 valence electrons. The van der Waals surface area contributed by atoms with Crippen LogP contribution in [-0.2, 0) is 16.6 Å². The summed E-state index contributed by atoms with van der Waals surface area (Å²) in [5.41, 5.74) is 5.05. The third kappa shape index (κ3) is 4.11. The van der Waals surface area contributed by atoms with Crippen molar-refractivity contribution in [2.75, 3.05) is 20.1 Å². The molecule has 2 aromatic carbocycles. The van der Waals surface area contributed by atoms with Crippen molar-refractivity contribution in [1.82, 2.24) is 4.90 Å². The topological polar surface area (TPSA) is 40.5 Å². The molecule has 3 aromatic rings. The van der Waals surface area contributed by atoms with Gasteiger partial charge in [0.2, 0.25) is 0 Å². The molecule has 29 heavy (non-hydrogen) atoms. The zero-order valence-corrected chi connectivity index (χ0v) is 18.0. The number of carboxylic acids is 1. The monoisotopic (exact) mass is 425 g/mol. The van der Waals surface area contributed by atoms with Crippen LogP contribution >= 0.6 is 22.9 Å². The van der Waals surface area contributed by atoms with Crippen molar-refractivity contribution in [3.05, 3.63) is 81.7 Å². The molecule has 4 rings (SSSR count). The number of thiophene rings is 1. The van der Waals surface area contributed by atoms with Crippen LogP contribution in [0, 0.1) is 0 Å². The van der Waals surface area contributed by atoms with E-state index in [4.69, 9.17) is 16.7 Å². The number of hydrogen-bond donors (Lipinski definition) is 1. The number of likely N-dealkylation sites (N-methyl/N-ethyl adjacent to an activating group) is 1. The van der Waals surface area contributed by atoms with Gasteiger partial charge in [-0.15, -0.1) is 11.3 Å². The van der Waals surface area contributed by atoms with Crippen molar-refractivity contribution >= 4 is 28.9 Å². The van der Waals surface area contributed by atoms with E-state index in [1.165, 1.54) is 27.1 Å². The molecule has 1 unspecified atom stereocenters. The number of nitrogens with zero attached hydrogens (tertiary/aromatic N) is 1. The standard InChI is InChI=1S/C24H24ClNO2S/c1-26(16-23(27)28)13-12-24(11-10-18-15-20(25)8-9-21(18)24)19-6-4-17(5-7-19)22-3-2-14-29-22/h2-9,14-15H,10-13,16H2,1H3,(H,27,28). The maximum absolute atomic E-state index is 11.1. The quantitative estimate of drug-likeness (QED) is 0.527. The summed E-state index contributed by atoms with van der Waals surface area (Å²) in [6, 6.07) is 19.3. The summed E-state index contributed by atoms with van der Waals surface area (Å²) in [7, 11) is 1.87. The molecular weight excluding hydrogens is 402 g/mol. The Morgan fingerprint density at radius 3 is 2.69 bits per heavy atom. The molecule has 0 radical (unpaired) electrons. The van der Waals surface area contributed by atoms with Gasteiger partial charge in [-0.2, -0.15) is 0 Å². The molecule has 1 aliphatic carbocycles. The molecule has 0 spiro atoms. The van der Waals surface area contributed by atoms with Gasteiger partial charge in [0.1, 0.15) is 0 Å². The van der Waals surface area contributed by atoms with Crippen LogP contribution in [0.4, 0.5) is 0 Å². The number of rotatable bonds is 7. The molecule has 1 atom stereocenters. The molecular formula is C24H24ClNO2S. The Balaban J connectivity index is 1.69. The van der Waals surface area contributed by atoms with Gasteiger partial charge in [-0.3, -0.25) is 9.69 Å². The Morgan fingerprint density at radius 1 is 1.21 bits per heavy atom. The fraction of sp³-hybridized carbons (Fsp3) is 0.292. The average molecular weight is 426 g/mol. The first-order valence-electron chi connectivity index (χ1n) is 9.82. The largest absolute Gasteiger partial charge is 0.480 e. The van der Waals surface area contributed by atoms with Gasteiger partial charge in [-0.1, -0.05) is 48.0 Å². The van der Waals surface area contributed by atoms with Crippen molar-refractivity contribution in [3.8, 4) is 10.4 Å². The van der Waals surface area contributed by atoms with E-state index in [9.17, 15) is 4.79 Å². The minimum atomic E-state index is -0.791. The normalized spacial score (nSPS) is 18.2. The van der Waals surface area contributed by atoms with Crippen molar-refractivity contribution in [3.63, 3.8) is 0 Å². The molecule has 3 nitrogen and oxygen atoms in total. The van der Waals surface area contributed by atoms with Crippen LogP contribution in [-0.4, -0.2) is 36.1 Å². The summed E-state index contributed by atoms with van der Waals surface area (Å²) in [5.74, 6) is -0.791. The number of benzene rings is 2. The summed E-state index contributed by atoms with van der Waals surface area (Å²) in [4.78, 5) is 14.2. The highest BCUT2D eigenvalue weighted by Gasteiger charge is 2.40. The van der Waals surface area contributed by atoms with E-state index in [0.29, 0.717) is 0 Å². The minimum Gasteiger partial charge on any atom is -0.480 e. The van der Waals surface area contributed by atoms with Gasteiger partial charge in [-0.25, -0.2) is 0 Å². The molecule has 0 saturated heterocycles. The summed E-state index contributed by atoms with van der Waals surface area (Å²) >= 11 is 8.00. The van der Waals surface area contributed by atoms with Crippen LogP contribution in [0.15, 0.2) is 60.0 Å². The van der Waals surface area contributed by atoms with Gasteiger partial charge in [0.15, 0.2) is 0 Å². The first kappa shape index (κ1) is 20.1. The van der Waals surface area contributed by atoms with Gasteiger partial charge in [0.25, 0.3) is 0 Å². The molecule has 5 heteroatoms. The van der Waals surface area contributed by atoms with E-state index in [2.05, 4.69) is 53.9 Å². The Bertz CT molecular complexity index is 1000. The van der Waals surface area contributed by atoms with E-state index in [0.717, 1.165) is 30.8 Å². The maximum Gasteiger partial charge on any atom is 0.317 e. The zero-order valence-electron chi connectivity index (χ0n) is 16.4. The zero-order chi connectivity index (χ0) is 20.4. The van der Waals surface area contributed by atoms with Crippen molar-refractivity contribution in [2.45, 2.75) is 24.7 Å². The van der Waals surface area contributed by atoms with Gasteiger partial charge in [-0.05, 0) is 78.7 Å². The van der Waals surface area contributed by atoms with Crippen LogP contribution in [0.1, 0.15) is 29.5 Å². The molecule has 0 bridgehead atoms. The summed E-state index contributed by atoms with van der Waals surface area (Å²) in [6.07, 6.45) is 2.89. The van der Waals surface area contributed by atoms with Crippen LogP contribution in [0.5, 0.6) is 0 Å². The van der Waals surface area contributed by atoms with Crippen LogP contribution in [0.25, 0.3) is 10.4 Å². The molecule has 1 N–H and O–H groups in total. The number of carbonyl (C=O) groups is 1. The molecule has 1 aromatic heterocycles. The first-order chi connectivity index (χ1) is 14.0. The van der Waals surface area contributed by atoms with E-state index < -0.39 is 5.97 Å². The van der Waals surface area contributed by atoms with E-state index in [1.54, 1.807) is 11.3 Å². The van der Waals surface area contributed by atoms with Crippen LogP contribution in [0.2, 0.25) is 5.02 Å². The van der Waals surface area contributed by atoms with Gasteiger partial charge in [0, 0.05) is 15.3 Å². The van der Waals surface area contributed by atoms with E-state index in [-0.39, 0.29) is 12.0 Å². The highest BCUT2D eigenvalue weighted by molar-refractivity contribution is 7.13. The number of halogens is 1. The van der Waals surface area contributed by atoms with Gasteiger partial charge in [0.05, 0.1) is 6.54 Å². The smallest absolute Gasteiger partial charge is 0.317 e. The third-order valence-electron chi connectivity index (χ3n) is 5.97. The second-order valence-corrected chi connectivity index (χ2v) is 9.20. The number of aliphatic carboxylic acids is 1. The highest BCUT2D eigenvalue weighted by Crippen LogP contribution is 2.47. The van der Waals surface area contributed by atoms with E-state index in [1.807, 2.05) is 18.0 Å². The molecule has 0 fully saturated rings. The second kappa shape index (κ2) is 8.31. The fourth-order valence-electron chi connectivity index (χ4n) is 4.51. The Morgan fingerprint density at radius 2 is 2.00 bits per heavy atom. The fourth-order valence-corrected chi connectivity index (χ4v) is 5.44. The Kier molecular flexibility index (Phi) is 5.77. The predicted molar refractivity (Wildman–Crippen MR) is 120 cm³/mol. The van der Waals surface area contributed by atoms with Gasteiger partial charge >= 0.3 is 5.97 Å². The lowest BCUT2D eigenvalue weighted by molar-refractivity contribution is -0.138. The maximum atomic E-state index is 11.1. The second-order valence-electron chi connectivity index (χ2n) is 7.82. The van der Waals surface area contributed by atoms with Crippen LogP contribution < -0.4 is 0 Å². The molecule has 0 amide bonds. The SMILES string of the molecule is CN(CCC1(c2ccc(-c3cccs3)cc2)CCc2cc(Cl)ccc21)CC(=O)O. The summed E-state index contributed by atoms with van der Waals surface area (Å²) in [5, 5.41) is 12.0. The first-order valence-corrected chi connectivity index (χ1v) is 11.1. The lowest BCUT2D eigenvalue weighted by atomic mass is 9.72. The van der Waals surface area contributed by atoms with E-state index >= 15 is 0 Å². The lowest BCUT2D eigenvalue weighted by Gasteiger charge is -2.33. The molecule has 1 heterocycles. The highest BCUT2D eigenvalue weighted by atomic mass is 35.5. The third-order valence-corrected chi connectivity index (χ3v) is 7.13. The van der Waals surface area contributed by atoms with Gasteiger partial charge < -0.3 is 5.11 Å². The Labute approximate surface area is 180 Å².